The highest BCUT2D eigenvalue weighted by atomic mass is 19.1. The molecule has 0 bridgehead atoms. The molecule has 0 aliphatic carbocycles. The maximum absolute atomic E-state index is 13.4. The number of nitriles is 1. The van der Waals surface area contributed by atoms with Gasteiger partial charge >= 0.3 is 5.69 Å². The predicted molar refractivity (Wildman–Crippen MR) is 113 cm³/mol. The zero-order valence-corrected chi connectivity index (χ0v) is 17.2. The first-order valence-corrected chi connectivity index (χ1v) is 9.88. The van der Waals surface area contributed by atoms with Crippen LogP contribution >= 0.6 is 0 Å². The van der Waals surface area contributed by atoms with E-state index in [2.05, 4.69) is 18.0 Å². The molecule has 31 heavy (non-hydrogen) atoms. The van der Waals surface area contributed by atoms with Crippen LogP contribution in [-0.2, 0) is 13.2 Å². The lowest BCUT2D eigenvalue weighted by Crippen LogP contribution is -2.41. The highest BCUT2D eigenvalue weighted by molar-refractivity contribution is 5.48. The zero-order valence-electron chi connectivity index (χ0n) is 17.2. The molecule has 3 aromatic rings. The lowest BCUT2D eigenvalue weighted by molar-refractivity contribution is 0.289. The minimum atomic E-state index is -0.422. The van der Waals surface area contributed by atoms with Gasteiger partial charge in [0.25, 0.3) is 0 Å². The first-order valence-electron chi connectivity index (χ1n) is 9.88. The summed E-state index contributed by atoms with van der Waals surface area (Å²) in [7, 11) is 1.94. The fraction of sp³-hybridized carbons (Fsp3) is 0.261. The van der Waals surface area contributed by atoms with Crippen molar-refractivity contribution in [1.29, 1.82) is 5.26 Å². The van der Waals surface area contributed by atoms with Gasteiger partial charge in [0.2, 0.25) is 5.88 Å². The standard InChI is InChI=1S/C23H21FN4O3/c1-15-8-9-28-22(27(15)2)12-21(26-23(28)29)30-14-16-6-7-20(17(10-16)13-25)31-19-5-3-4-18(24)11-19/h3-7,10-12,15H,8-9,14H2,1-2H3/t15-/m0/s1. The van der Waals surface area contributed by atoms with E-state index in [0.717, 1.165) is 12.2 Å². The van der Waals surface area contributed by atoms with Crippen molar-refractivity contribution in [2.24, 2.45) is 0 Å². The van der Waals surface area contributed by atoms with E-state index in [9.17, 15) is 14.4 Å². The van der Waals surface area contributed by atoms with Crippen molar-refractivity contribution in [2.45, 2.75) is 32.5 Å². The molecular formula is C23H21FN4O3. The van der Waals surface area contributed by atoms with Crippen molar-refractivity contribution in [2.75, 3.05) is 11.9 Å². The molecule has 2 aromatic carbocycles. The second-order valence-corrected chi connectivity index (χ2v) is 7.43. The van der Waals surface area contributed by atoms with Crippen LogP contribution in [0.3, 0.4) is 0 Å². The average molecular weight is 420 g/mol. The van der Waals surface area contributed by atoms with Crippen LogP contribution in [-0.4, -0.2) is 22.6 Å². The van der Waals surface area contributed by atoms with Crippen LogP contribution in [0.25, 0.3) is 0 Å². The summed E-state index contributed by atoms with van der Waals surface area (Å²) < 4.78 is 26.4. The number of fused-ring (bicyclic) bond motifs is 1. The quantitative estimate of drug-likeness (QED) is 0.624. The van der Waals surface area contributed by atoms with Crippen LogP contribution < -0.4 is 20.1 Å². The predicted octanol–water partition coefficient (Wildman–Crippen LogP) is 3.85. The van der Waals surface area contributed by atoms with Crippen LogP contribution in [0.4, 0.5) is 10.2 Å². The van der Waals surface area contributed by atoms with Gasteiger partial charge in [-0.1, -0.05) is 12.1 Å². The van der Waals surface area contributed by atoms with Gasteiger partial charge in [0, 0.05) is 31.8 Å². The van der Waals surface area contributed by atoms with E-state index < -0.39 is 5.82 Å². The van der Waals surface area contributed by atoms with Gasteiger partial charge in [0.15, 0.2) is 0 Å². The Morgan fingerprint density at radius 2 is 2.10 bits per heavy atom. The van der Waals surface area contributed by atoms with Gasteiger partial charge in [-0.3, -0.25) is 4.57 Å². The summed E-state index contributed by atoms with van der Waals surface area (Å²) in [6, 6.07) is 14.9. The summed E-state index contributed by atoms with van der Waals surface area (Å²) >= 11 is 0. The fourth-order valence-electron chi connectivity index (χ4n) is 3.44. The van der Waals surface area contributed by atoms with E-state index in [0.29, 0.717) is 29.6 Å². The Bertz CT molecular complexity index is 1220. The van der Waals surface area contributed by atoms with Crippen LogP contribution in [0.5, 0.6) is 17.4 Å². The molecule has 1 atom stereocenters. The largest absolute Gasteiger partial charge is 0.473 e. The summed E-state index contributed by atoms with van der Waals surface area (Å²) in [4.78, 5) is 18.4. The number of halogens is 1. The van der Waals surface area contributed by atoms with Crippen molar-refractivity contribution in [3.05, 3.63) is 76.0 Å². The van der Waals surface area contributed by atoms with Gasteiger partial charge in [-0.25, -0.2) is 9.18 Å². The number of nitrogens with zero attached hydrogens (tertiary/aromatic N) is 4. The highest BCUT2D eigenvalue weighted by Gasteiger charge is 2.22. The normalized spacial score (nSPS) is 15.2. The molecule has 8 heteroatoms. The Kier molecular flexibility index (Phi) is 5.58. The highest BCUT2D eigenvalue weighted by Crippen LogP contribution is 2.28. The fourth-order valence-corrected chi connectivity index (χ4v) is 3.44. The molecule has 4 rings (SSSR count). The smallest absolute Gasteiger partial charge is 0.352 e. The summed E-state index contributed by atoms with van der Waals surface area (Å²) in [6.07, 6.45) is 0.881. The molecule has 7 nitrogen and oxygen atoms in total. The Balaban J connectivity index is 1.51. The third-order valence-corrected chi connectivity index (χ3v) is 5.33. The van der Waals surface area contributed by atoms with Crippen molar-refractivity contribution in [1.82, 2.24) is 9.55 Å². The number of ether oxygens (including phenoxy) is 2. The van der Waals surface area contributed by atoms with Gasteiger partial charge in [-0.2, -0.15) is 10.2 Å². The number of rotatable bonds is 5. The summed E-state index contributed by atoms with van der Waals surface area (Å²) in [6.45, 7) is 2.86. The third-order valence-electron chi connectivity index (χ3n) is 5.33. The molecule has 0 spiro atoms. The second kappa shape index (κ2) is 8.48. The molecule has 2 heterocycles. The van der Waals surface area contributed by atoms with Crippen LogP contribution in [0.1, 0.15) is 24.5 Å². The number of benzene rings is 2. The molecule has 0 saturated carbocycles. The van der Waals surface area contributed by atoms with Gasteiger partial charge in [-0.15, -0.1) is 0 Å². The van der Waals surface area contributed by atoms with Gasteiger partial charge < -0.3 is 14.4 Å². The zero-order chi connectivity index (χ0) is 22.0. The van der Waals surface area contributed by atoms with Gasteiger partial charge in [0.05, 0.1) is 5.56 Å². The molecule has 0 radical (unpaired) electrons. The topological polar surface area (TPSA) is 80.4 Å². The van der Waals surface area contributed by atoms with E-state index in [1.165, 1.54) is 18.2 Å². The van der Waals surface area contributed by atoms with Crippen LogP contribution in [0.15, 0.2) is 53.3 Å². The SMILES string of the molecule is C[C@H]1CCn2c(cc(OCc3ccc(Oc4cccc(F)c4)c(C#N)c3)nc2=O)N1C. The lowest BCUT2D eigenvalue weighted by atomic mass is 10.1. The Morgan fingerprint density at radius 1 is 1.26 bits per heavy atom. The Labute approximate surface area is 178 Å². The minimum Gasteiger partial charge on any atom is -0.473 e. The van der Waals surface area contributed by atoms with Crippen LogP contribution in [0.2, 0.25) is 0 Å². The molecule has 0 saturated heterocycles. The molecule has 0 amide bonds. The molecular weight excluding hydrogens is 399 g/mol. The Morgan fingerprint density at radius 3 is 2.87 bits per heavy atom. The number of hydrogen-bond acceptors (Lipinski definition) is 6. The minimum absolute atomic E-state index is 0.129. The summed E-state index contributed by atoms with van der Waals surface area (Å²) in [5.74, 6) is 1.20. The molecule has 0 fully saturated rings. The van der Waals surface area contributed by atoms with E-state index in [1.807, 2.05) is 11.9 Å². The van der Waals surface area contributed by atoms with Crippen molar-refractivity contribution < 1.29 is 13.9 Å². The molecule has 158 valence electrons. The number of aromatic nitrogens is 2. The third kappa shape index (κ3) is 4.36. The lowest BCUT2D eigenvalue weighted by Gasteiger charge is -2.34. The van der Waals surface area contributed by atoms with Crippen LogP contribution in [0, 0.1) is 17.1 Å². The van der Waals surface area contributed by atoms with Crippen molar-refractivity contribution >= 4 is 5.82 Å². The van der Waals surface area contributed by atoms with Gasteiger partial charge in [-0.05, 0) is 43.2 Å². The van der Waals surface area contributed by atoms with E-state index in [1.54, 1.807) is 34.9 Å². The Hall–Kier alpha value is -3.86. The maximum Gasteiger partial charge on any atom is 0.352 e. The summed E-state index contributed by atoms with van der Waals surface area (Å²) in [5, 5.41) is 9.48. The molecule has 1 aliphatic heterocycles. The first kappa shape index (κ1) is 20.4. The van der Waals surface area contributed by atoms with E-state index in [-0.39, 0.29) is 23.7 Å². The number of anilines is 1. The molecule has 0 unspecified atom stereocenters. The first-order chi connectivity index (χ1) is 14.9. The van der Waals surface area contributed by atoms with E-state index >= 15 is 0 Å². The second-order valence-electron chi connectivity index (χ2n) is 7.43. The monoisotopic (exact) mass is 420 g/mol. The van der Waals surface area contributed by atoms with E-state index in [4.69, 9.17) is 9.47 Å². The number of hydrogen-bond donors (Lipinski definition) is 0. The van der Waals surface area contributed by atoms with Gasteiger partial charge in [0.1, 0.15) is 35.8 Å². The molecule has 1 aliphatic rings. The van der Waals surface area contributed by atoms with Crippen molar-refractivity contribution in [3.8, 4) is 23.4 Å². The average Bonchev–Trinajstić information content (AvgIpc) is 2.76. The molecule has 0 N–H and O–H groups in total. The molecule has 1 aromatic heterocycles. The van der Waals surface area contributed by atoms with Crippen molar-refractivity contribution in [3.63, 3.8) is 0 Å². The summed E-state index contributed by atoms with van der Waals surface area (Å²) in [5.41, 5.74) is 0.657. The maximum atomic E-state index is 13.4.